The number of hydrogen-bond donors (Lipinski definition) is 1. The third-order valence-electron chi connectivity index (χ3n) is 2.88. The molecule has 86 valence electrons. The van der Waals surface area contributed by atoms with Crippen LogP contribution >= 0.6 is 0 Å². The molecule has 0 bridgehead atoms. The van der Waals surface area contributed by atoms with E-state index in [0.717, 1.165) is 22.5 Å². The van der Waals surface area contributed by atoms with E-state index in [9.17, 15) is 0 Å². The SMILES string of the molecule is Cc1ccc(C)c(-c2nc(C#N)c(N)n2C)c1. The van der Waals surface area contributed by atoms with Crippen molar-refractivity contribution in [2.24, 2.45) is 7.05 Å². The molecule has 0 atom stereocenters. The van der Waals surface area contributed by atoms with Gasteiger partial charge in [-0.2, -0.15) is 5.26 Å². The Morgan fingerprint density at radius 3 is 2.65 bits per heavy atom. The molecule has 0 spiro atoms. The lowest BCUT2D eigenvalue weighted by Crippen LogP contribution is -1.99. The van der Waals surface area contributed by atoms with Gasteiger partial charge in [-0.15, -0.1) is 0 Å². The Balaban J connectivity index is 2.69. The molecule has 1 aromatic heterocycles. The van der Waals surface area contributed by atoms with Crippen molar-refractivity contribution in [2.45, 2.75) is 13.8 Å². The predicted octanol–water partition coefficient (Wildman–Crippen LogP) is 2.16. The minimum absolute atomic E-state index is 0.281. The van der Waals surface area contributed by atoms with Crippen molar-refractivity contribution in [1.29, 1.82) is 5.26 Å². The highest BCUT2D eigenvalue weighted by atomic mass is 15.1. The van der Waals surface area contributed by atoms with Gasteiger partial charge in [0.2, 0.25) is 0 Å². The van der Waals surface area contributed by atoms with Crippen LogP contribution in [0.4, 0.5) is 5.82 Å². The molecule has 1 heterocycles. The van der Waals surface area contributed by atoms with Crippen LogP contribution in [0.25, 0.3) is 11.4 Å². The molecular weight excluding hydrogens is 212 g/mol. The van der Waals surface area contributed by atoms with Crippen molar-refractivity contribution in [3.63, 3.8) is 0 Å². The minimum Gasteiger partial charge on any atom is -0.383 e. The van der Waals surface area contributed by atoms with Gasteiger partial charge < -0.3 is 10.3 Å². The summed E-state index contributed by atoms with van der Waals surface area (Å²) in [6.07, 6.45) is 0. The molecule has 0 saturated carbocycles. The summed E-state index contributed by atoms with van der Waals surface area (Å²) in [6.45, 7) is 4.05. The lowest BCUT2D eigenvalue weighted by Gasteiger charge is -2.07. The van der Waals surface area contributed by atoms with Gasteiger partial charge in [0.15, 0.2) is 5.69 Å². The minimum atomic E-state index is 0.281. The van der Waals surface area contributed by atoms with Gasteiger partial charge >= 0.3 is 0 Å². The largest absolute Gasteiger partial charge is 0.383 e. The average molecular weight is 226 g/mol. The number of hydrogen-bond acceptors (Lipinski definition) is 3. The molecule has 0 aliphatic heterocycles. The summed E-state index contributed by atoms with van der Waals surface area (Å²) < 4.78 is 1.75. The number of imidazole rings is 1. The zero-order valence-electron chi connectivity index (χ0n) is 10.2. The van der Waals surface area contributed by atoms with Crippen molar-refractivity contribution in [3.05, 3.63) is 35.0 Å². The first kappa shape index (κ1) is 11.2. The number of nitriles is 1. The number of aromatic nitrogens is 2. The Kier molecular flexibility index (Phi) is 2.60. The summed E-state index contributed by atoms with van der Waals surface area (Å²) in [4.78, 5) is 4.28. The summed E-state index contributed by atoms with van der Waals surface area (Å²) >= 11 is 0. The lowest BCUT2D eigenvalue weighted by molar-refractivity contribution is 0.934. The molecule has 2 rings (SSSR count). The maximum atomic E-state index is 8.92. The molecule has 2 aromatic rings. The van der Waals surface area contributed by atoms with Gasteiger partial charge in [-0.3, -0.25) is 0 Å². The first-order valence-corrected chi connectivity index (χ1v) is 5.34. The van der Waals surface area contributed by atoms with Gasteiger partial charge in [0.1, 0.15) is 17.7 Å². The second-order valence-corrected chi connectivity index (χ2v) is 4.16. The lowest BCUT2D eigenvalue weighted by atomic mass is 10.1. The van der Waals surface area contributed by atoms with Gasteiger partial charge in [-0.25, -0.2) is 4.98 Å². The topological polar surface area (TPSA) is 67.6 Å². The van der Waals surface area contributed by atoms with Crippen molar-refractivity contribution in [1.82, 2.24) is 9.55 Å². The Morgan fingerprint density at radius 1 is 1.35 bits per heavy atom. The molecule has 0 unspecified atom stereocenters. The van der Waals surface area contributed by atoms with Crippen molar-refractivity contribution >= 4 is 5.82 Å². The third kappa shape index (κ3) is 1.76. The van der Waals surface area contributed by atoms with Crippen LogP contribution in [0.1, 0.15) is 16.8 Å². The van der Waals surface area contributed by atoms with E-state index in [1.807, 2.05) is 33.0 Å². The highest BCUT2D eigenvalue weighted by Gasteiger charge is 2.14. The van der Waals surface area contributed by atoms with E-state index in [-0.39, 0.29) is 5.69 Å². The normalized spacial score (nSPS) is 10.2. The quantitative estimate of drug-likeness (QED) is 0.810. The van der Waals surface area contributed by atoms with E-state index < -0.39 is 0 Å². The van der Waals surface area contributed by atoms with Gasteiger partial charge in [0.05, 0.1) is 0 Å². The molecule has 4 heteroatoms. The van der Waals surface area contributed by atoms with Crippen molar-refractivity contribution in [2.75, 3.05) is 5.73 Å². The number of nitrogen functional groups attached to an aromatic ring is 1. The first-order chi connectivity index (χ1) is 8.04. The molecule has 0 fully saturated rings. The first-order valence-electron chi connectivity index (χ1n) is 5.34. The van der Waals surface area contributed by atoms with Crippen LogP contribution in [0.15, 0.2) is 18.2 Å². The van der Waals surface area contributed by atoms with E-state index in [4.69, 9.17) is 11.0 Å². The van der Waals surface area contributed by atoms with Crippen LogP contribution in [0.5, 0.6) is 0 Å². The van der Waals surface area contributed by atoms with Gasteiger partial charge in [-0.05, 0) is 25.5 Å². The molecule has 17 heavy (non-hydrogen) atoms. The highest BCUT2D eigenvalue weighted by Crippen LogP contribution is 2.26. The van der Waals surface area contributed by atoms with Crippen LogP contribution in [-0.2, 0) is 7.05 Å². The Hall–Kier alpha value is -2.28. The number of nitrogens with zero attached hydrogens (tertiary/aromatic N) is 3. The second kappa shape index (κ2) is 3.95. The molecule has 0 saturated heterocycles. The van der Waals surface area contributed by atoms with Crippen LogP contribution in [0.3, 0.4) is 0 Å². The Morgan fingerprint density at radius 2 is 2.06 bits per heavy atom. The zero-order chi connectivity index (χ0) is 12.6. The number of benzene rings is 1. The fourth-order valence-electron chi connectivity index (χ4n) is 1.81. The molecule has 2 N–H and O–H groups in total. The summed E-state index contributed by atoms with van der Waals surface area (Å²) in [5, 5.41) is 8.92. The summed E-state index contributed by atoms with van der Waals surface area (Å²) in [5.74, 6) is 1.14. The van der Waals surface area contributed by atoms with E-state index in [0.29, 0.717) is 5.82 Å². The summed E-state index contributed by atoms with van der Waals surface area (Å²) in [6, 6.07) is 8.15. The monoisotopic (exact) mass is 226 g/mol. The summed E-state index contributed by atoms with van der Waals surface area (Å²) in [5.41, 5.74) is 9.39. The van der Waals surface area contributed by atoms with E-state index in [1.165, 1.54) is 0 Å². The number of anilines is 1. The molecular formula is C13H14N4. The molecule has 0 amide bonds. The van der Waals surface area contributed by atoms with Crippen molar-refractivity contribution in [3.8, 4) is 17.5 Å². The van der Waals surface area contributed by atoms with Crippen LogP contribution in [0.2, 0.25) is 0 Å². The molecule has 1 aromatic carbocycles. The van der Waals surface area contributed by atoms with Crippen LogP contribution < -0.4 is 5.73 Å². The molecule has 0 aliphatic carbocycles. The Labute approximate surface area is 100 Å². The fourth-order valence-corrected chi connectivity index (χ4v) is 1.81. The maximum absolute atomic E-state index is 8.92. The van der Waals surface area contributed by atoms with E-state index >= 15 is 0 Å². The van der Waals surface area contributed by atoms with Gasteiger partial charge in [0.25, 0.3) is 0 Å². The van der Waals surface area contributed by atoms with Gasteiger partial charge in [-0.1, -0.05) is 17.7 Å². The van der Waals surface area contributed by atoms with E-state index in [1.54, 1.807) is 4.57 Å². The highest BCUT2D eigenvalue weighted by molar-refractivity contribution is 5.66. The number of rotatable bonds is 1. The average Bonchev–Trinajstić information content (AvgIpc) is 2.59. The standard InChI is InChI=1S/C13H14N4/c1-8-4-5-9(2)10(6-8)13-16-11(7-14)12(15)17(13)3/h4-6H,15H2,1-3H3. The van der Waals surface area contributed by atoms with E-state index in [2.05, 4.69) is 17.1 Å². The Bertz CT molecular complexity index is 617. The molecule has 0 aliphatic rings. The van der Waals surface area contributed by atoms with Crippen LogP contribution in [-0.4, -0.2) is 9.55 Å². The summed E-state index contributed by atoms with van der Waals surface area (Å²) in [7, 11) is 1.82. The third-order valence-corrected chi connectivity index (χ3v) is 2.88. The maximum Gasteiger partial charge on any atom is 0.183 e. The second-order valence-electron chi connectivity index (χ2n) is 4.16. The fraction of sp³-hybridized carbons (Fsp3) is 0.231. The number of aryl methyl sites for hydroxylation is 2. The van der Waals surface area contributed by atoms with Crippen LogP contribution in [0, 0.1) is 25.2 Å². The number of nitrogens with two attached hydrogens (primary N) is 1. The molecule has 4 nitrogen and oxygen atoms in total. The molecule has 0 radical (unpaired) electrons. The predicted molar refractivity (Wildman–Crippen MR) is 67.2 cm³/mol. The smallest absolute Gasteiger partial charge is 0.183 e. The zero-order valence-corrected chi connectivity index (χ0v) is 10.2. The van der Waals surface area contributed by atoms with Crippen molar-refractivity contribution < 1.29 is 0 Å². The van der Waals surface area contributed by atoms with Gasteiger partial charge in [0, 0.05) is 12.6 Å².